The zero-order valence-electron chi connectivity index (χ0n) is 20.1. The first kappa shape index (κ1) is 25.1. The van der Waals surface area contributed by atoms with Crippen molar-refractivity contribution in [2.45, 2.75) is 38.6 Å². The summed E-state index contributed by atoms with van der Waals surface area (Å²) in [6.07, 6.45) is 0.350. The summed E-state index contributed by atoms with van der Waals surface area (Å²) in [7, 11) is 18.5. The van der Waals surface area contributed by atoms with Gasteiger partial charge in [0.15, 0.2) is 0 Å². The highest BCUT2D eigenvalue weighted by Gasteiger charge is 2.41. The molecule has 0 spiro atoms. The minimum absolute atomic E-state index is 0.0372. The summed E-state index contributed by atoms with van der Waals surface area (Å²) in [5.41, 5.74) is 2.64. The second-order valence-electron chi connectivity index (χ2n) is 9.30. The Labute approximate surface area is 218 Å². The van der Waals surface area contributed by atoms with Crippen LogP contribution >= 0.6 is 0 Å². The third-order valence-electron chi connectivity index (χ3n) is 6.92. The lowest BCUT2D eigenvalue weighted by atomic mass is 9.69. The van der Waals surface area contributed by atoms with E-state index < -0.39 is 17.9 Å². The van der Waals surface area contributed by atoms with Crippen molar-refractivity contribution < 1.29 is 28.7 Å². The summed E-state index contributed by atoms with van der Waals surface area (Å²) in [6, 6.07) is 6.80. The maximum Gasteiger partial charge on any atom is 0.254 e. The van der Waals surface area contributed by atoms with Gasteiger partial charge in [-0.15, -0.1) is 5.46 Å². The Morgan fingerprint density at radius 3 is 2.43 bits per heavy atom. The average Bonchev–Trinajstić information content (AvgIpc) is 3.21. The first-order valence-corrected chi connectivity index (χ1v) is 11.9. The van der Waals surface area contributed by atoms with Crippen molar-refractivity contribution in [3.05, 3.63) is 46.5 Å². The Bertz CT molecular complexity index is 1300. The van der Waals surface area contributed by atoms with E-state index in [-0.39, 0.29) is 72.1 Å². The molecular weight excluding hydrogens is 471 g/mol. The number of rotatable bonds is 6. The lowest BCUT2D eigenvalue weighted by molar-refractivity contribution is -0.143. The molecule has 3 aliphatic heterocycles. The molecule has 4 amide bonds. The van der Waals surface area contributed by atoms with E-state index in [0.29, 0.717) is 25.3 Å². The average molecular weight is 493 g/mol. The number of carbonyl (C=O) groups excluding carboxylic acids is 4. The Morgan fingerprint density at radius 1 is 1.00 bits per heavy atom. The van der Waals surface area contributed by atoms with Crippen LogP contribution in [0.4, 0.5) is 0 Å². The van der Waals surface area contributed by atoms with Gasteiger partial charge in [-0.1, -0.05) is 35.2 Å². The molecule has 1 unspecified atom stereocenters. The van der Waals surface area contributed by atoms with E-state index in [9.17, 15) is 19.2 Å². The number of amides is 4. The Balaban J connectivity index is 1.33. The minimum atomic E-state index is -0.807. The van der Waals surface area contributed by atoms with Crippen LogP contribution in [0.1, 0.15) is 39.9 Å². The molecule has 0 saturated carbocycles. The molecule has 2 aromatic rings. The molecule has 2 fully saturated rings. The molecule has 12 heteroatoms. The van der Waals surface area contributed by atoms with E-state index in [0.717, 1.165) is 11.1 Å². The molecule has 5 rings (SSSR count). The number of benzene rings is 2. The molecule has 1 atom stereocenters. The summed E-state index contributed by atoms with van der Waals surface area (Å²) in [5.74, 6) is -1.15. The van der Waals surface area contributed by atoms with Crippen molar-refractivity contribution in [3.8, 4) is 5.75 Å². The molecule has 9 nitrogen and oxygen atoms in total. The SMILES string of the molecule is [B]c1c([B])c(OCc2ccc(CN3CCOCC3=O)cc2)c2c(c1[B])C(=O)N(C1CCC(=O)NC1=O)C2. The molecule has 0 aliphatic carbocycles. The van der Waals surface area contributed by atoms with Gasteiger partial charge in [0.1, 0.15) is 48.5 Å². The molecule has 3 heterocycles. The predicted molar refractivity (Wildman–Crippen MR) is 136 cm³/mol. The quantitative estimate of drug-likeness (QED) is 0.361. The van der Waals surface area contributed by atoms with Crippen molar-refractivity contribution in [3.63, 3.8) is 0 Å². The smallest absolute Gasteiger partial charge is 0.254 e. The molecule has 3 aliphatic rings. The minimum Gasteiger partial charge on any atom is -0.489 e. The number of morpholine rings is 1. The normalized spacial score (nSPS) is 19.7. The maximum absolute atomic E-state index is 13.3. The van der Waals surface area contributed by atoms with Crippen LogP contribution in [0.25, 0.3) is 0 Å². The van der Waals surface area contributed by atoms with Gasteiger partial charge in [-0.05, 0) is 17.5 Å². The van der Waals surface area contributed by atoms with Crippen LogP contribution in [-0.2, 0) is 38.8 Å². The van der Waals surface area contributed by atoms with Crippen molar-refractivity contribution in [2.75, 3.05) is 19.8 Å². The van der Waals surface area contributed by atoms with Crippen LogP contribution in [0, 0.1) is 0 Å². The first-order valence-electron chi connectivity index (χ1n) is 11.9. The monoisotopic (exact) mass is 493 g/mol. The summed E-state index contributed by atoms with van der Waals surface area (Å²) in [6.45, 7) is 1.88. The molecule has 182 valence electrons. The number of piperidine rings is 1. The molecule has 1 N–H and O–H groups in total. The van der Waals surface area contributed by atoms with E-state index in [2.05, 4.69) is 5.32 Å². The van der Waals surface area contributed by atoms with E-state index >= 15 is 0 Å². The Hall–Kier alpha value is -3.53. The van der Waals surface area contributed by atoms with Crippen LogP contribution in [-0.4, -0.2) is 82.8 Å². The van der Waals surface area contributed by atoms with Crippen molar-refractivity contribution >= 4 is 63.6 Å². The second kappa shape index (κ2) is 10.1. The van der Waals surface area contributed by atoms with Gasteiger partial charge in [-0.25, -0.2) is 0 Å². The van der Waals surface area contributed by atoms with Gasteiger partial charge in [0, 0.05) is 30.6 Å². The van der Waals surface area contributed by atoms with Gasteiger partial charge in [-0.2, -0.15) is 0 Å². The van der Waals surface area contributed by atoms with Crippen molar-refractivity contribution in [1.82, 2.24) is 15.1 Å². The fraction of sp³-hybridized carbons (Fsp3) is 0.360. The third kappa shape index (κ3) is 4.77. The van der Waals surface area contributed by atoms with Crippen molar-refractivity contribution in [2.24, 2.45) is 0 Å². The highest BCUT2D eigenvalue weighted by atomic mass is 16.5. The fourth-order valence-electron chi connectivity index (χ4n) is 4.85. The van der Waals surface area contributed by atoms with Gasteiger partial charge in [-0.3, -0.25) is 24.5 Å². The molecule has 37 heavy (non-hydrogen) atoms. The second-order valence-corrected chi connectivity index (χ2v) is 9.30. The molecule has 6 radical (unpaired) electrons. The largest absolute Gasteiger partial charge is 0.489 e. The predicted octanol–water partition coefficient (Wildman–Crippen LogP) is -2.23. The number of imide groups is 1. The van der Waals surface area contributed by atoms with Crippen LogP contribution < -0.4 is 26.4 Å². The van der Waals surface area contributed by atoms with Gasteiger partial charge in [0.25, 0.3) is 5.91 Å². The lowest BCUT2D eigenvalue weighted by Crippen LogP contribution is -2.52. The highest BCUT2D eigenvalue weighted by Crippen LogP contribution is 2.31. The summed E-state index contributed by atoms with van der Waals surface area (Å²) in [4.78, 5) is 52.3. The Morgan fingerprint density at radius 2 is 1.73 bits per heavy atom. The summed E-state index contributed by atoms with van der Waals surface area (Å²) < 4.78 is 11.2. The molecule has 0 bridgehead atoms. The summed E-state index contributed by atoms with van der Waals surface area (Å²) in [5, 5.41) is 2.27. The van der Waals surface area contributed by atoms with Crippen LogP contribution in [0.3, 0.4) is 0 Å². The number of fused-ring (bicyclic) bond motifs is 1. The number of hydrogen-bond donors (Lipinski definition) is 1. The molecule has 2 saturated heterocycles. The third-order valence-corrected chi connectivity index (χ3v) is 6.92. The van der Waals surface area contributed by atoms with E-state index in [1.54, 1.807) is 4.90 Å². The zero-order chi connectivity index (χ0) is 26.3. The standard InChI is InChI=1S/C25H22B3N3O6/c26-20-19-15(10-31(25(19)35)16-5-6-17(32)29-24(16)34)23(22(28)21(20)27)37-11-14-3-1-13(2-4-14)9-30-7-8-36-12-18(30)33/h1-4,16H,5-12H2,(H,29,32,34). The number of nitrogens with one attached hydrogen (secondary N) is 1. The molecule has 0 aromatic heterocycles. The first-order chi connectivity index (χ1) is 17.7. The number of ether oxygens (including phenoxy) is 2. The van der Waals surface area contributed by atoms with Crippen molar-refractivity contribution in [1.29, 1.82) is 0 Å². The van der Waals surface area contributed by atoms with Crippen LogP contribution in [0.15, 0.2) is 24.3 Å². The molecule has 2 aromatic carbocycles. The maximum atomic E-state index is 13.3. The van der Waals surface area contributed by atoms with E-state index in [4.69, 9.17) is 33.0 Å². The van der Waals surface area contributed by atoms with Gasteiger partial charge < -0.3 is 19.3 Å². The topological polar surface area (TPSA) is 105 Å². The summed E-state index contributed by atoms with van der Waals surface area (Å²) >= 11 is 0. The van der Waals surface area contributed by atoms with Crippen LogP contribution in [0.5, 0.6) is 5.75 Å². The number of nitrogens with zero attached hydrogens (tertiary/aromatic N) is 2. The lowest BCUT2D eigenvalue weighted by Gasteiger charge is -2.29. The van der Waals surface area contributed by atoms with Gasteiger partial charge in [0.2, 0.25) is 17.7 Å². The fourth-order valence-corrected chi connectivity index (χ4v) is 4.85. The number of carbonyl (C=O) groups is 4. The zero-order valence-corrected chi connectivity index (χ0v) is 20.1. The van der Waals surface area contributed by atoms with Crippen LogP contribution in [0.2, 0.25) is 0 Å². The van der Waals surface area contributed by atoms with Gasteiger partial charge >= 0.3 is 0 Å². The van der Waals surface area contributed by atoms with E-state index in [1.807, 2.05) is 24.3 Å². The number of hydrogen-bond acceptors (Lipinski definition) is 6. The highest BCUT2D eigenvalue weighted by molar-refractivity contribution is 6.59. The van der Waals surface area contributed by atoms with E-state index in [1.165, 1.54) is 4.90 Å². The molecular formula is C25H22B3N3O6. The Kier molecular flexibility index (Phi) is 6.85. The van der Waals surface area contributed by atoms with Gasteiger partial charge in [0.05, 0.1) is 13.2 Å².